The van der Waals surface area contributed by atoms with Crippen LogP contribution in [0.15, 0.2) is 64.4 Å². The lowest BCUT2D eigenvalue weighted by Gasteiger charge is -2.01. The van der Waals surface area contributed by atoms with Gasteiger partial charge >= 0.3 is 0 Å². The van der Waals surface area contributed by atoms with Crippen LogP contribution in [0.2, 0.25) is 0 Å². The van der Waals surface area contributed by atoms with Crippen molar-refractivity contribution in [3.8, 4) is 0 Å². The monoisotopic (exact) mass is 409 g/mol. The van der Waals surface area contributed by atoms with Crippen molar-refractivity contribution in [3.63, 3.8) is 0 Å². The number of rotatable bonds is 3. The predicted molar refractivity (Wildman–Crippen MR) is 93.3 cm³/mol. The number of benzene rings is 2. The minimum atomic E-state index is -3.69. The first-order chi connectivity index (χ1) is 11.0. The van der Waals surface area contributed by atoms with E-state index in [1.54, 1.807) is 18.2 Å². The number of carbonyl (C=O) groups is 1. The third-order valence-electron chi connectivity index (χ3n) is 2.48. The van der Waals surface area contributed by atoms with Crippen molar-refractivity contribution in [1.29, 1.82) is 0 Å². The summed E-state index contributed by atoms with van der Waals surface area (Å²) in [7, 11) is 2.91. The summed E-state index contributed by atoms with van der Waals surface area (Å²) >= 11 is 0. The van der Waals surface area contributed by atoms with Crippen molar-refractivity contribution in [1.82, 2.24) is 0 Å². The van der Waals surface area contributed by atoms with Gasteiger partial charge < -0.3 is 5.32 Å². The van der Waals surface area contributed by atoms with Gasteiger partial charge in [0.1, 0.15) is 0 Å². The number of hydrogen-bond donors (Lipinski definition) is 1. The fourth-order valence-corrected chi connectivity index (χ4v) is 3.05. The van der Waals surface area contributed by atoms with Crippen LogP contribution in [-0.2, 0) is 22.9 Å². The largest absolute Gasteiger partial charge is 0.326 e. The normalized spacial score (nSPS) is 11.1. The Balaban J connectivity index is 0.000000254. The van der Waals surface area contributed by atoms with Crippen LogP contribution in [0.25, 0.3) is 0 Å². The Hall–Kier alpha value is -1.61. The van der Waals surface area contributed by atoms with Crippen molar-refractivity contribution in [2.24, 2.45) is 0 Å². The van der Waals surface area contributed by atoms with E-state index in [1.165, 1.54) is 43.3 Å². The Kier molecular flexibility index (Phi) is 7.22. The van der Waals surface area contributed by atoms with Crippen molar-refractivity contribution >= 4 is 51.1 Å². The second-order valence-corrected chi connectivity index (χ2v) is 9.53. The van der Waals surface area contributed by atoms with Crippen LogP contribution in [0.3, 0.4) is 0 Å². The van der Waals surface area contributed by atoms with Gasteiger partial charge in [0.15, 0.2) is 0 Å². The second kappa shape index (κ2) is 8.48. The molecular formula is C14H13Cl2NO5S2. The molecule has 2 rings (SSSR count). The van der Waals surface area contributed by atoms with E-state index in [0.717, 1.165) is 0 Å². The first kappa shape index (κ1) is 20.4. The maximum Gasteiger partial charge on any atom is 0.261 e. The molecule has 0 aromatic heterocycles. The predicted octanol–water partition coefficient (Wildman–Crippen LogP) is 3.19. The number of amides is 1. The van der Waals surface area contributed by atoms with Crippen molar-refractivity contribution in [2.75, 3.05) is 5.32 Å². The van der Waals surface area contributed by atoms with E-state index in [2.05, 4.69) is 5.32 Å². The second-order valence-electron chi connectivity index (χ2n) is 4.39. The molecule has 0 atom stereocenters. The molecule has 0 aliphatic carbocycles. The van der Waals surface area contributed by atoms with E-state index in [1.807, 2.05) is 0 Å². The summed E-state index contributed by atoms with van der Waals surface area (Å²) in [6, 6.07) is 13.5. The average molecular weight is 410 g/mol. The summed E-state index contributed by atoms with van der Waals surface area (Å²) in [5.74, 6) is -0.216. The van der Waals surface area contributed by atoms with Gasteiger partial charge in [-0.25, -0.2) is 16.8 Å². The smallest absolute Gasteiger partial charge is 0.261 e. The Morgan fingerprint density at radius 3 is 1.54 bits per heavy atom. The van der Waals surface area contributed by atoms with Crippen molar-refractivity contribution < 1.29 is 21.6 Å². The lowest BCUT2D eigenvalue weighted by molar-refractivity contribution is -0.114. The fraction of sp³-hybridized carbons (Fsp3) is 0.0714. The Labute approximate surface area is 149 Å². The van der Waals surface area contributed by atoms with E-state index >= 15 is 0 Å². The van der Waals surface area contributed by atoms with Crippen LogP contribution in [0.1, 0.15) is 6.92 Å². The Morgan fingerprint density at radius 2 is 1.21 bits per heavy atom. The number of nitrogens with one attached hydrogen (secondary N) is 1. The molecule has 0 radical (unpaired) electrons. The van der Waals surface area contributed by atoms with Gasteiger partial charge in [-0.2, -0.15) is 0 Å². The van der Waals surface area contributed by atoms with Gasteiger partial charge in [-0.15, -0.1) is 0 Å². The molecule has 0 aliphatic heterocycles. The van der Waals surface area contributed by atoms with Crippen LogP contribution in [0, 0.1) is 0 Å². The quantitative estimate of drug-likeness (QED) is 0.784. The molecule has 1 N–H and O–H groups in total. The lowest BCUT2D eigenvalue weighted by atomic mass is 10.3. The van der Waals surface area contributed by atoms with Crippen molar-refractivity contribution in [2.45, 2.75) is 16.7 Å². The molecule has 2 aromatic carbocycles. The molecule has 2 aromatic rings. The zero-order chi connectivity index (χ0) is 18.4. The van der Waals surface area contributed by atoms with Crippen LogP contribution < -0.4 is 5.32 Å². The molecule has 0 saturated carbocycles. The minimum absolute atomic E-state index is 0.00766. The standard InChI is InChI=1S/C8H8ClNO3S.C6H5ClO2S/c1-6(11)10-7-2-4-8(5-3-7)14(9,12)13;7-10(8,9)6-4-2-1-3-5-6/h2-5H,1H3,(H,10,11);1-5H. The molecule has 10 heteroatoms. The highest BCUT2D eigenvalue weighted by molar-refractivity contribution is 8.14. The highest BCUT2D eigenvalue weighted by Gasteiger charge is 2.09. The zero-order valence-corrected chi connectivity index (χ0v) is 15.5. The van der Waals surface area contributed by atoms with Gasteiger partial charge in [-0.1, -0.05) is 18.2 Å². The fourth-order valence-electron chi connectivity index (χ4n) is 1.49. The first-order valence-electron chi connectivity index (χ1n) is 6.32. The van der Waals surface area contributed by atoms with Gasteiger partial charge in [0.25, 0.3) is 18.1 Å². The number of halogens is 2. The molecule has 0 heterocycles. The minimum Gasteiger partial charge on any atom is -0.326 e. The Bertz CT molecular complexity index is 896. The topological polar surface area (TPSA) is 97.4 Å². The van der Waals surface area contributed by atoms with E-state index in [4.69, 9.17) is 21.4 Å². The van der Waals surface area contributed by atoms with E-state index in [9.17, 15) is 21.6 Å². The maximum atomic E-state index is 10.8. The van der Waals surface area contributed by atoms with Gasteiger partial charge in [0, 0.05) is 34.0 Å². The van der Waals surface area contributed by atoms with Crippen molar-refractivity contribution in [3.05, 3.63) is 54.6 Å². The summed E-state index contributed by atoms with van der Waals surface area (Å²) in [6.45, 7) is 1.37. The molecule has 0 fully saturated rings. The lowest BCUT2D eigenvalue weighted by Crippen LogP contribution is -2.05. The SMILES string of the molecule is CC(=O)Nc1ccc(S(=O)(=O)Cl)cc1.O=S(=O)(Cl)c1ccccc1. The summed E-state index contributed by atoms with van der Waals surface area (Å²) in [5.41, 5.74) is 0.529. The molecule has 6 nitrogen and oxygen atoms in total. The third kappa shape index (κ3) is 7.31. The van der Waals surface area contributed by atoms with Crippen LogP contribution >= 0.6 is 21.4 Å². The molecule has 0 unspecified atom stereocenters. The molecule has 130 valence electrons. The molecule has 0 saturated heterocycles. The number of anilines is 1. The first-order valence-corrected chi connectivity index (χ1v) is 10.9. The van der Waals surface area contributed by atoms with Gasteiger partial charge in [0.05, 0.1) is 9.79 Å². The Morgan fingerprint density at radius 1 is 0.792 bits per heavy atom. The van der Waals surface area contributed by atoms with Crippen LogP contribution in [0.5, 0.6) is 0 Å². The molecular weight excluding hydrogens is 397 g/mol. The highest BCUT2D eigenvalue weighted by atomic mass is 35.7. The third-order valence-corrected chi connectivity index (χ3v) is 5.22. The van der Waals surface area contributed by atoms with Gasteiger partial charge in [0.2, 0.25) is 5.91 Å². The molecule has 1 amide bonds. The van der Waals surface area contributed by atoms with Gasteiger partial charge in [-0.3, -0.25) is 4.79 Å². The van der Waals surface area contributed by atoms with E-state index in [0.29, 0.717) is 5.69 Å². The average Bonchev–Trinajstić information content (AvgIpc) is 2.47. The summed E-state index contributed by atoms with van der Waals surface area (Å²) < 4.78 is 42.9. The molecule has 0 bridgehead atoms. The number of carbonyl (C=O) groups excluding carboxylic acids is 1. The zero-order valence-electron chi connectivity index (χ0n) is 12.3. The number of hydrogen-bond acceptors (Lipinski definition) is 5. The van der Waals surface area contributed by atoms with E-state index < -0.39 is 18.1 Å². The summed E-state index contributed by atoms with van der Waals surface area (Å²) in [4.78, 5) is 10.8. The summed E-state index contributed by atoms with van der Waals surface area (Å²) in [6.07, 6.45) is 0. The van der Waals surface area contributed by atoms with Crippen LogP contribution in [-0.4, -0.2) is 22.7 Å². The highest BCUT2D eigenvalue weighted by Crippen LogP contribution is 2.17. The van der Waals surface area contributed by atoms with Crippen LogP contribution in [0.4, 0.5) is 5.69 Å². The maximum absolute atomic E-state index is 10.8. The molecule has 24 heavy (non-hydrogen) atoms. The molecule has 0 aliphatic rings. The van der Waals surface area contributed by atoms with E-state index in [-0.39, 0.29) is 15.7 Å². The van der Waals surface area contributed by atoms with Gasteiger partial charge in [-0.05, 0) is 36.4 Å². The summed E-state index contributed by atoms with van der Waals surface area (Å²) in [5, 5.41) is 2.51. The molecule has 0 spiro atoms.